The summed E-state index contributed by atoms with van der Waals surface area (Å²) >= 11 is 3.34. The highest BCUT2D eigenvalue weighted by molar-refractivity contribution is 9.10. The second-order valence-corrected chi connectivity index (χ2v) is 10.7. The van der Waals surface area contributed by atoms with Crippen LogP contribution in [0.5, 0.6) is 5.75 Å². The van der Waals surface area contributed by atoms with Crippen molar-refractivity contribution in [3.8, 4) is 5.75 Å². The second kappa shape index (κ2) is 10.1. The first kappa shape index (κ1) is 25.9. The first-order valence-corrected chi connectivity index (χ1v) is 11.2. The fourth-order valence-corrected chi connectivity index (χ4v) is 3.72. The van der Waals surface area contributed by atoms with Crippen LogP contribution in [0, 0.1) is 5.41 Å². The molecule has 2 heterocycles. The van der Waals surface area contributed by atoms with Crippen molar-refractivity contribution in [2.75, 3.05) is 13.7 Å². The molecule has 1 aromatic heterocycles. The Bertz CT molecular complexity index is 849. The number of esters is 1. The van der Waals surface area contributed by atoms with Gasteiger partial charge in [0.2, 0.25) is 5.91 Å². The van der Waals surface area contributed by atoms with E-state index in [0.29, 0.717) is 5.75 Å². The standard InChI is InChI=1S/C22H32BrN3O6/c1-21(2,3)17(25-20(29)32-22(4,5)6)18(27)26-12-15(9-16(26)19(28)30-7)31-14-8-13(23)10-24-11-14/h8,10-11,15-17H,9,12H2,1-7H3,(H,25,29). The molecule has 1 aromatic rings. The van der Waals surface area contributed by atoms with Gasteiger partial charge < -0.3 is 24.4 Å². The Morgan fingerprint density at radius 2 is 1.84 bits per heavy atom. The van der Waals surface area contributed by atoms with E-state index in [2.05, 4.69) is 26.2 Å². The fraction of sp³-hybridized carbons (Fsp3) is 0.636. The SMILES string of the molecule is COC(=O)C1CC(Oc2cncc(Br)c2)CN1C(=O)C(NC(=O)OC(C)(C)C)C(C)(C)C. The largest absolute Gasteiger partial charge is 0.487 e. The number of nitrogens with zero attached hydrogens (tertiary/aromatic N) is 2. The molecule has 3 unspecified atom stereocenters. The van der Waals surface area contributed by atoms with Gasteiger partial charge in [0.25, 0.3) is 0 Å². The Balaban J connectivity index is 2.24. The van der Waals surface area contributed by atoms with E-state index in [9.17, 15) is 14.4 Å². The summed E-state index contributed by atoms with van der Waals surface area (Å²) in [4.78, 5) is 43.9. The number of nitrogens with one attached hydrogen (secondary N) is 1. The zero-order valence-corrected chi connectivity index (χ0v) is 21.2. The lowest BCUT2D eigenvalue weighted by atomic mass is 9.85. The number of hydrogen-bond donors (Lipinski definition) is 1. The van der Waals surface area contributed by atoms with Crippen LogP contribution in [0.15, 0.2) is 22.9 Å². The van der Waals surface area contributed by atoms with Crippen LogP contribution < -0.4 is 10.1 Å². The highest BCUT2D eigenvalue weighted by Crippen LogP contribution is 2.29. The Morgan fingerprint density at radius 1 is 1.19 bits per heavy atom. The number of alkyl carbamates (subject to hydrolysis) is 1. The molecule has 0 aromatic carbocycles. The maximum Gasteiger partial charge on any atom is 0.408 e. The van der Waals surface area contributed by atoms with Crippen molar-refractivity contribution in [1.82, 2.24) is 15.2 Å². The number of aromatic nitrogens is 1. The third-order valence-electron chi connectivity index (χ3n) is 4.78. The van der Waals surface area contributed by atoms with Gasteiger partial charge in [-0.15, -0.1) is 0 Å². The third-order valence-corrected chi connectivity index (χ3v) is 5.21. The number of hydrogen-bond acceptors (Lipinski definition) is 7. The van der Waals surface area contributed by atoms with E-state index < -0.39 is 47.2 Å². The normalized spacial score (nSPS) is 19.8. The molecule has 32 heavy (non-hydrogen) atoms. The first-order valence-electron chi connectivity index (χ1n) is 10.4. The van der Waals surface area contributed by atoms with Crippen LogP contribution in [0.3, 0.4) is 0 Å². The van der Waals surface area contributed by atoms with Gasteiger partial charge >= 0.3 is 12.1 Å². The lowest BCUT2D eigenvalue weighted by molar-refractivity contribution is -0.152. The lowest BCUT2D eigenvalue weighted by Crippen LogP contribution is -2.57. The van der Waals surface area contributed by atoms with Crippen molar-refractivity contribution < 1.29 is 28.6 Å². The molecule has 1 aliphatic heterocycles. The molecule has 0 spiro atoms. The molecule has 0 aliphatic carbocycles. The summed E-state index contributed by atoms with van der Waals surface area (Å²) in [7, 11) is 1.28. The number of halogens is 1. The fourth-order valence-electron chi connectivity index (χ4n) is 3.38. The van der Waals surface area contributed by atoms with Crippen LogP contribution in [0.2, 0.25) is 0 Å². The maximum absolute atomic E-state index is 13.5. The maximum atomic E-state index is 13.5. The second-order valence-electron chi connectivity index (χ2n) is 9.79. The minimum absolute atomic E-state index is 0.160. The molecule has 9 nitrogen and oxygen atoms in total. The van der Waals surface area contributed by atoms with Gasteiger partial charge in [0.05, 0.1) is 19.9 Å². The van der Waals surface area contributed by atoms with Crippen molar-refractivity contribution in [2.24, 2.45) is 5.41 Å². The number of ether oxygens (including phenoxy) is 3. The zero-order chi connectivity index (χ0) is 24.3. The molecular weight excluding hydrogens is 482 g/mol. The predicted molar refractivity (Wildman–Crippen MR) is 121 cm³/mol. The number of rotatable bonds is 5. The van der Waals surface area contributed by atoms with Crippen LogP contribution in [-0.4, -0.2) is 65.3 Å². The van der Waals surface area contributed by atoms with Gasteiger partial charge in [-0.3, -0.25) is 9.78 Å². The van der Waals surface area contributed by atoms with E-state index in [1.165, 1.54) is 12.0 Å². The number of amides is 2. The van der Waals surface area contributed by atoms with Gasteiger partial charge in [0.15, 0.2) is 0 Å². The zero-order valence-electron chi connectivity index (χ0n) is 19.6. The molecule has 3 atom stereocenters. The quantitative estimate of drug-likeness (QED) is 0.601. The summed E-state index contributed by atoms with van der Waals surface area (Å²) in [6.45, 7) is 10.9. The monoisotopic (exact) mass is 513 g/mol. The molecule has 1 saturated heterocycles. The van der Waals surface area contributed by atoms with E-state index in [1.807, 2.05) is 20.8 Å². The van der Waals surface area contributed by atoms with Crippen LogP contribution >= 0.6 is 15.9 Å². The van der Waals surface area contributed by atoms with Gasteiger partial charge in [-0.2, -0.15) is 0 Å². The summed E-state index contributed by atoms with van der Waals surface area (Å²) in [6, 6.07) is 0.00538. The lowest BCUT2D eigenvalue weighted by Gasteiger charge is -2.35. The summed E-state index contributed by atoms with van der Waals surface area (Å²) in [5.41, 5.74) is -1.35. The minimum Gasteiger partial charge on any atom is -0.487 e. The highest BCUT2D eigenvalue weighted by atomic mass is 79.9. The van der Waals surface area contributed by atoms with Crippen LogP contribution in [0.1, 0.15) is 48.0 Å². The summed E-state index contributed by atoms with van der Waals surface area (Å²) in [6.07, 6.45) is 2.30. The van der Waals surface area contributed by atoms with E-state index in [1.54, 1.807) is 39.2 Å². The molecule has 1 fully saturated rings. The molecule has 10 heteroatoms. The molecule has 0 radical (unpaired) electrons. The topological polar surface area (TPSA) is 107 Å². The Labute approximate surface area is 197 Å². The van der Waals surface area contributed by atoms with Gasteiger partial charge in [0.1, 0.15) is 29.5 Å². The highest BCUT2D eigenvalue weighted by Gasteiger charge is 2.46. The van der Waals surface area contributed by atoms with Crippen molar-refractivity contribution >= 4 is 33.9 Å². The predicted octanol–water partition coefficient (Wildman–Crippen LogP) is 3.30. The average Bonchev–Trinajstić information content (AvgIpc) is 3.06. The summed E-state index contributed by atoms with van der Waals surface area (Å²) in [5, 5.41) is 2.68. The van der Waals surface area contributed by atoms with Crippen molar-refractivity contribution in [1.29, 1.82) is 0 Å². The van der Waals surface area contributed by atoms with E-state index in [-0.39, 0.29) is 13.0 Å². The Kier molecular flexibility index (Phi) is 8.14. The Morgan fingerprint density at radius 3 is 2.38 bits per heavy atom. The van der Waals surface area contributed by atoms with Crippen LogP contribution in [-0.2, 0) is 19.1 Å². The molecular formula is C22H32BrN3O6. The molecule has 178 valence electrons. The van der Waals surface area contributed by atoms with Crippen LogP contribution in [0.25, 0.3) is 0 Å². The molecule has 0 bridgehead atoms. The first-order chi connectivity index (χ1) is 14.7. The number of carbonyl (C=O) groups excluding carboxylic acids is 3. The van der Waals surface area contributed by atoms with E-state index in [4.69, 9.17) is 14.2 Å². The molecule has 1 N–H and O–H groups in total. The number of methoxy groups -OCH3 is 1. The number of carbonyl (C=O) groups is 3. The average molecular weight is 514 g/mol. The summed E-state index contributed by atoms with van der Waals surface area (Å²) < 4.78 is 17.0. The molecule has 0 saturated carbocycles. The van der Waals surface area contributed by atoms with Gasteiger partial charge in [-0.1, -0.05) is 20.8 Å². The molecule has 1 aliphatic rings. The van der Waals surface area contributed by atoms with Gasteiger partial charge in [-0.25, -0.2) is 9.59 Å². The number of pyridine rings is 1. The number of likely N-dealkylation sites (tertiary alicyclic amines) is 1. The van der Waals surface area contributed by atoms with Gasteiger partial charge in [0, 0.05) is 17.1 Å². The van der Waals surface area contributed by atoms with Crippen molar-refractivity contribution in [3.63, 3.8) is 0 Å². The smallest absolute Gasteiger partial charge is 0.408 e. The minimum atomic E-state index is -0.921. The van der Waals surface area contributed by atoms with Crippen LogP contribution in [0.4, 0.5) is 4.79 Å². The van der Waals surface area contributed by atoms with E-state index >= 15 is 0 Å². The molecule has 2 amide bonds. The van der Waals surface area contributed by atoms with Crippen molar-refractivity contribution in [2.45, 2.75) is 71.8 Å². The van der Waals surface area contributed by atoms with E-state index in [0.717, 1.165) is 4.47 Å². The third kappa shape index (κ3) is 7.08. The summed E-state index contributed by atoms with van der Waals surface area (Å²) in [5.74, 6) is -0.430. The molecule has 2 rings (SSSR count). The van der Waals surface area contributed by atoms with Gasteiger partial charge in [-0.05, 0) is 48.2 Å². The Hall–Kier alpha value is -2.36. The van der Waals surface area contributed by atoms with Crippen molar-refractivity contribution in [3.05, 3.63) is 22.9 Å².